The summed E-state index contributed by atoms with van der Waals surface area (Å²) in [6.45, 7) is 4.45. The van der Waals surface area contributed by atoms with Gasteiger partial charge in [0, 0.05) is 0 Å². The van der Waals surface area contributed by atoms with Crippen LogP contribution in [0.5, 0.6) is 0 Å². The molecule has 0 spiro atoms. The zero-order valence-corrected chi connectivity index (χ0v) is 17.7. The summed E-state index contributed by atoms with van der Waals surface area (Å²) >= 11 is 0. The monoisotopic (exact) mass is 356 g/mol. The van der Waals surface area contributed by atoms with Crippen LogP contribution < -0.4 is 29.6 Å². The third-order valence-electron chi connectivity index (χ3n) is 4.19. The van der Waals surface area contributed by atoms with Crippen molar-refractivity contribution in [3.63, 3.8) is 0 Å². The second-order valence-corrected chi connectivity index (χ2v) is 7.89. The van der Waals surface area contributed by atoms with Crippen LogP contribution in [0.4, 0.5) is 0 Å². The standard InChI is InChI=1S/C19H26O3S.Na/c1-15(2)9-5-3-4-6-11-17-14-13-16-10-7-8-12-18(16)19(17)23(20,21)22;/h7-8,10,12-15H,3-6,9,11H2,1-2H3,(H,20,21,22);/q;+1/p-1. The molecule has 0 bridgehead atoms. The summed E-state index contributed by atoms with van der Waals surface area (Å²) in [6, 6.07) is 10.9. The van der Waals surface area contributed by atoms with Gasteiger partial charge >= 0.3 is 29.6 Å². The van der Waals surface area contributed by atoms with Gasteiger partial charge in [0.15, 0.2) is 0 Å². The number of hydrogen-bond acceptors (Lipinski definition) is 3. The zero-order valence-electron chi connectivity index (χ0n) is 14.9. The molecule has 2 aromatic carbocycles. The van der Waals surface area contributed by atoms with Crippen LogP contribution in [0.2, 0.25) is 0 Å². The van der Waals surface area contributed by atoms with Crippen molar-refractivity contribution in [2.24, 2.45) is 5.92 Å². The molecule has 0 aliphatic rings. The second kappa shape index (κ2) is 9.93. The molecule has 0 atom stereocenters. The molecule has 0 amide bonds. The smallest absolute Gasteiger partial charge is 0.744 e. The van der Waals surface area contributed by atoms with Crippen molar-refractivity contribution in [3.05, 3.63) is 42.0 Å². The van der Waals surface area contributed by atoms with Crippen LogP contribution in [0.25, 0.3) is 10.8 Å². The minimum atomic E-state index is -4.47. The SMILES string of the molecule is CC(C)CCCCCCc1ccc2ccccc2c1S(=O)(=O)[O-].[Na+]. The Kier molecular flexibility index (Phi) is 8.96. The summed E-state index contributed by atoms with van der Waals surface area (Å²) in [5.41, 5.74) is 0.655. The fourth-order valence-corrected chi connectivity index (χ4v) is 3.95. The Morgan fingerprint density at radius 1 is 0.958 bits per heavy atom. The molecule has 0 saturated heterocycles. The van der Waals surface area contributed by atoms with Gasteiger partial charge in [0.1, 0.15) is 10.1 Å². The molecule has 0 unspecified atom stereocenters. The summed E-state index contributed by atoms with van der Waals surface area (Å²) < 4.78 is 35.2. The van der Waals surface area contributed by atoms with Crippen molar-refractivity contribution >= 4 is 20.9 Å². The van der Waals surface area contributed by atoms with Gasteiger partial charge in [-0.05, 0) is 35.1 Å². The second-order valence-electron chi connectivity index (χ2n) is 6.58. The van der Waals surface area contributed by atoms with E-state index in [-0.39, 0.29) is 34.5 Å². The average molecular weight is 356 g/mol. The van der Waals surface area contributed by atoms with E-state index in [9.17, 15) is 13.0 Å². The molecule has 0 aliphatic heterocycles. The first-order valence-electron chi connectivity index (χ1n) is 8.36. The molecule has 0 aromatic heterocycles. The quantitative estimate of drug-likeness (QED) is 0.412. The number of unbranched alkanes of at least 4 members (excludes halogenated alkanes) is 3. The number of benzene rings is 2. The molecule has 0 N–H and O–H groups in total. The Balaban J connectivity index is 0.00000288. The van der Waals surface area contributed by atoms with E-state index in [1.54, 1.807) is 18.2 Å². The third-order valence-corrected chi connectivity index (χ3v) is 5.17. The summed E-state index contributed by atoms with van der Waals surface area (Å²) in [4.78, 5) is -0.0298. The van der Waals surface area contributed by atoms with Crippen molar-refractivity contribution in [3.8, 4) is 0 Å². The maximum Gasteiger partial charge on any atom is 1.00 e. The molecular formula is C19H25NaO3S. The molecular weight excluding hydrogens is 331 g/mol. The molecule has 3 nitrogen and oxygen atoms in total. The number of rotatable bonds is 8. The van der Waals surface area contributed by atoms with Gasteiger partial charge in [-0.3, -0.25) is 0 Å². The number of aryl methyl sites for hydroxylation is 1. The van der Waals surface area contributed by atoms with Crippen molar-refractivity contribution in [1.29, 1.82) is 0 Å². The number of fused-ring (bicyclic) bond motifs is 1. The van der Waals surface area contributed by atoms with E-state index in [0.29, 0.717) is 17.4 Å². The molecule has 0 radical (unpaired) electrons. The maximum absolute atomic E-state index is 11.7. The Hall–Kier alpha value is -0.390. The van der Waals surface area contributed by atoms with E-state index in [1.165, 1.54) is 12.8 Å². The molecule has 5 heteroatoms. The predicted molar refractivity (Wildman–Crippen MR) is 93.5 cm³/mol. The van der Waals surface area contributed by atoms with E-state index in [2.05, 4.69) is 13.8 Å². The maximum atomic E-state index is 11.7. The van der Waals surface area contributed by atoms with Gasteiger partial charge in [0.05, 0.1) is 4.90 Å². The number of hydrogen-bond donors (Lipinski definition) is 0. The van der Waals surface area contributed by atoms with Crippen molar-refractivity contribution in [2.75, 3.05) is 0 Å². The van der Waals surface area contributed by atoms with Crippen LogP contribution in [0.3, 0.4) is 0 Å². The Morgan fingerprint density at radius 2 is 1.62 bits per heavy atom. The molecule has 0 saturated carbocycles. The molecule has 2 rings (SSSR count). The minimum absolute atomic E-state index is 0. The molecule has 0 aliphatic carbocycles. The van der Waals surface area contributed by atoms with E-state index in [1.807, 2.05) is 18.2 Å². The Morgan fingerprint density at radius 3 is 2.29 bits per heavy atom. The van der Waals surface area contributed by atoms with Gasteiger partial charge in [0.2, 0.25) is 0 Å². The molecule has 0 heterocycles. The van der Waals surface area contributed by atoms with Gasteiger partial charge in [-0.15, -0.1) is 0 Å². The summed E-state index contributed by atoms with van der Waals surface area (Å²) in [7, 11) is -4.47. The first-order valence-corrected chi connectivity index (χ1v) is 9.77. The van der Waals surface area contributed by atoms with E-state index < -0.39 is 10.1 Å². The van der Waals surface area contributed by atoms with Gasteiger partial charge in [-0.2, -0.15) is 0 Å². The molecule has 24 heavy (non-hydrogen) atoms. The topological polar surface area (TPSA) is 57.2 Å². The van der Waals surface area contributed by atoms with E-state index >= 15 is 0 Å². The minimum Gasteiger partial charge on any atom is -0.744 e. The van der Waals surface area contributed by atoms with E-state index in [0.717, 1.165) is 30.6 Å². The normalized spacial score (nSPS) is 11.7. The van der Waals surface area contributed by atoms with Crippen molar-refractivity contribution in [2.45, 2.75) is 57.3 Å². The van der Waals surface area contributed by atoms with Gasteiger partial charge in [0.25, 0.3) is 0 Å². The molecule has 2 aromatic rings. The predicted octanol–water partition coefficient (Wildman–Crippen LogP) is 1.90. The molecule has 126 valence electrons. The van der Waals surface area contributed by atoms with Crippen LogP contribution in [0.15, 0.2) is 41.3 Å². The largest absolute Gasteiger partial charge is 1.00 e. The van der Waals surface area contributed by atoms with E-state index in [4.69, 9.17) is 0 Å². The Bertz CT molecular complexity index is 754. The molecule has 0 fully saturated rings. The summed E-state index contributed by atoms with van der Waals surface area (Å²) in [5.74, 6) is 0.729. The van der Waals surface area contributed by atoms with Gasteiger partial charge in [-0.1, -0.05) is 75.9 Å². The van der Waals surface area contributed by atoms with Crippen molar-refractivity contribution < 1.29 is 42.5 Å². The van der Waals surface area contributed by atoms with Crippen LogP contribution in [-0.2, 0) is 16.5 Å². The van der Waals surface area contributed by atoms with Gasteiger partial charge < -0.3 is 4.55 Å². The van der Waals surface area contributed by atoms with Crippen LogP contribution >= 0.6 is 0 Å². The zero-order chi connectivity index (χ0) is 16.9. The van der Waals surface area contributed by atoms with Gasteiger partial charge in [-0.25, -0.2) is 8.42 Å². The third kappa shape index (κ3) is 6.16. The Labute approximate surface area is 167 Å². The van der Waals surface area contributed by atoms with Crippen LogP contribution in [0, 0.1) is 5.92 Å². The average Bonchev–Trinajstić information content (AvgIpc) is 2.48. The fourth-order valence-electron chi connectivity index (χ4n) is 3.00. The summed E-state index contributed by atoms with van der Waals surface area (Å²) in [6.07, 6.45) is 6.23. The first kappa shape index (κ1) is 21.7. The van der Waals surface area contributed by atoms with Crippen molar-refractivity contribution in [1.82, 2.24) is 0 Å². The van der Waals surface area contributed by atoms with Crippen LogP contribution in [-0.4, -0.2) is 13.0 Å². The van der Waals surface area contributed by atoms with Crippen LogP contribution in [0.1, 0.15) is 51.5 Å². The first-order chi connectivity index (χ1) is 10.9. The summed E-state index contributed by atoms with van der Waals surface area (Å²) in [5, 5.41) is 1.34. The fraction of sp³-hybridized carbons (Fsp3) is 0.474.